The van der Waals surface area contributed by atoms with Crippen molar-refractivity contribution in [3.8, 4) is 0 Å². The van der Waals surface area contributed by atoms with E-state index in [-0.39, 0.29) is 36.2 Å². The molecule has 2 heterocycles. The molecular formula is C18H19F3N2O4S. The van der Waals surface area contributed by atoms with Gasteiger partial charge in [0.25, 0.3) is 0 Å². The maximum Gasteiger partial charge on any atom is 0.416 e. The van der Waals surface area contributed by atoms with Crippen LogP contribution in [-0.4, -0.2) is 30.0 Å². The van der Waals surface area contributed by atoms with Gasteiger partial charge in [-0.15, -0.1) is 10.2 Å². The molecule has 2 aromatic rings. The summed E-state index contributed by atoms with van der Waals surface area (Å²) in [6, 6.07) is 3.84. The minimum absolute atomic E-state index is 0.0257. The van der Waals surface area contributed by atoms with Crippen molar-refractivity contribution in [3.63, 3.8) is 0 Å². The highest BCUT2D eigenvalue weighted by molar-refractivity contribution is 7.92. The Bertz CT molecular complexity index is 985. The Hall–Kier alpha value is -1.94. The van der Waals surface area contributed by atoms with E-state index in [9.17, 15) is 21.6 Å². The smallest absolute Gasteiger partial charge is 0.416 e. The first-order chi connectivity index (χ1) is 13.1. The van der Waals surface area contributed by atoms with Gasteiger partial charge in [0.2, 0.25) is 11.8 Å². The third-order valence-electron chi connectivity index (χ3n) is 5.35. The normalized spacial score (nSPS) is 26.4. The van der Waals surface area contributed by atoms with Crippen LogP contribution in [0.25, 0.3) is 0 Å². The zero-order valence-corrected chi connectivity index (χ0v) is 15.9. The quantitative estimate of drug-likeness (QED) is 0.748. The average molecular weight is 416 g/mol. The molecule has 4 rings (SSSR count). The molecule has 1 saturated heterocycles. The molecule has 2 unspecified atom stereocenters. The van der Waals surface area contributed by atoms with Crippen molar-refractivity contribution < 1.29 is 30.7 Å². The fraction of sp³-hybridized carbons (Fsp3) is 0.556. The van der Waals surface area contributed by atoms with Crippen LogP contribution in [0.5, 0.6) is 0 Å². The molecule has 0 amide bonds. The Balaban J connectivity index is 1.62. The molecule has 1 aromatic heterocycles. The molecule has 1 aliphatic heterocycles. The molecule has 6 nitrogen and oxygen atoms in total. The van der Waals surface area contributed by atoms with Gasteiger partial charge in [-0.05, 0) is 44.4 Å². The van der Waals surface area contributed by atoms with Crippen LogP contribution in [-0.2, 0) is 20.8 Å². The van der Waals surface area contributed by atoms with Crippen molar-refractivity contribution in [2.45, 2.75) is 60.4 Å². The third-order valence-corrected chi connectivity index (χ3v) is 7.89. The number of hydrogen-bond donors (Lipinski definition) is 0. The Morgan fingerprint density at radius 3 is 2.57 bits per heavy atom. The van der Waals surface area contributed by atoms with Crippen molar-refractivity contribution in [2.24, 2.45) is 0 Å². The van der Waals surface area contributed by atoms with E-state index in [0.717, 1.165) is 25.0 Å². The number of ether oxygens (including phenoxy) is 1. The lowest BCUT2D eigenvalue weighted by Crippen LogP contribution is -2.42. The van der Waals surface area contributed by atoms with Crippen LogP contribution in [0.3, 0.4) is 0 Å². The fourth-order valence-electron chi connectivity index (χ4n) is 3.37. The summed E-state index contributed by atoms with van der Waals surface area (Å²) in [7, 11) is -4.05. The number of aromatic nitrogens is 2. The van der Waals surface area contributed by atoms with Crippen molar-refractivity contribution >= 4 is 9.84 Å². The lowest BCUT2D eigenvalue weighted by Gasteiger charge is -2.36. The molecule has 2 aliphatic rings. The van der Waals surface area contributed by atoms with Gasteiger partial charge in [-0.2, -0.15) is 13.2 Å². The van der Waals surface area contributed by atoms with E-state index < -0.39 is 32.4 Å². The summed E-state index contributed by atoms with van der Waals surface area (Å²) < 4.78 is 75.4. The lowest BCUT2D eigenvalue weighted by atomic mass is 9.96. The summed E-state index contributed by atoms with van der Waals surface area (Å²) >= 11 is 0. The third kappa shape index (κ3) is 3.43. The molecule has 28 heavy (non-hydrogen) atoms. The van der Waals surface area contributed by atoms with Gasteiger partial charge in [0.1, 0.15) is 6.10 Å². The molecule has 2 atom stereocenters. The second-order valence-corrected chi connectivity index (χ2v) is 10.0. The molecule has 10 heteroatoms. The highest BCUT2D eigenvalue weighted by Gasteiger charge is 2.47. The number of benzene rings is 1. The lowest BCUT2D eigenvalue weighted by molar-refractivity contribution is -0.137. The van der Waals surface area contributed by atoms with Crippen molar-refractivity contribution in [1.29, 1.82) is 0 Å². The van der Waals surface area contributed by atoms with E-state index >= 15 is 0 Å². The van der Waals surface area contributed by atoms with Crippen LogP contribution in [0, 0.1) is 0 Å². The van der Waals surface area contributed by atoms with Gasteiger partial charge >= 0.3 is 6.18 Å². The maximum absolute atomic E-state index is 13.2. The van der Waals surface area contributed by atoms with Gasteiger partial charge in [-0.3, -0.25) is 0 Å². The number of rotatable bonds is 4. The molecule has 0 radical (unpaired) electrons. The first-order valence-corrected chi connectivity index (χ1v) is 10.5. The minimum Gasteiger partial charge on any atom is -0.422 e. The summed E-state index contributed by atoms with van der Waals surface area (Å²) in [6.07, 6.45) is -3.18. The molecule has 0 bridgehead atoms. The molecule has 1 saturated carbocycles. The molecular weight excluding hydrogens is 397 g/mol. The molecule has 1 aliphatic carbocycles. The highest BCUT2D eigenvalue weighted by Crippen LogP contribution is 2.44. The van der Waals surface area contributed by atoms with Crippen molar-refractivity contribution in [1.82, 2.24) is 10.2 Å². The van der Waals surface area contributed by atoms with Crippen LogP contribution in [0.2, 0.25) is 0 Å². The van der Waals surface area contributed by atoms with E-state index in [2.05, 4.69) is 10.2 Å². The van der Waals surface area contributed by atoms with Crippen LogP contribution in [0.4, 0.5) is 13.2 Å². The zero-order chi connectivity index (χ0) is 20.2. The number of hydrogen-bond acceptors (Lipinski definition) is 6. The van der Waals surface area contributed by atoms with Gasteiger partial charge < -0.3 is 9.15 Å². The van der Waals surface area contributed by atoms with Gasteiger partial charge in [0.15, 0.2) is 9.84 Å². The highest BCUT2D eigenvalue weighted by atomic mass is 32.2. The van der Waals surface area contributed by atoms with E-state index in [1.807, 2.05) is 0 Å². The van der Waals surface area contributed by atoms with E-state index in [1.54, 1.807) is 0 Å². The molecule has 0 spiro atoms. The molecule has 2 fully saturated rings. The standard InChI is InChI=1S/C18H19F3N2O4S/c1-17(28(24,25)13-4-2-3-12(9-13)18(19,20)21)7-8-26-14(10-17)16-23-22-15(27-16)11-5-6-11/h2-4,9,11,14H,5-8,10H2,1H3. The molecule has 152 valence electrons. The largest absolute Gasteiger partial charge is 0.422 e. The van der Waals surface area contributed by atoms with Gasteiger partial charge in [-0.1, -0.05) is 6.07 Å². The summed E-state index contributed by atoms with van der Waals surface area (Å²) in [5, 5.41) is 7.97. The van der Waals surface area contributed by atoms with E-state index in [0.29, 0.717) is 12.0 Å². The number of halogens is 3. The van der Waals surface area contributed by atoms with E-state index in [1.165, 1.54) is 13.0 Å². The summed E-state index contributed by atoms with van der Waals surface area (Å²) in [4.78, 5) is -0.352. The van der Waals surface area contributed by atoms with Crippen molar-refractivity contribution in [2.75, 3.05) is 6.61 Å². The molecule has 0 N–H and O–H groups in total. The predicted octanol–water partition coefficient (Wildman–Crippen LogP) is 4.05. The topological polar surface area (TPSA) is 82.3 Å². The maximum atomic E-state index is 13.2. The monoisotopic (exact) mass is 416 g/mol. The Kier molecular flexibility index (Phi) is 4.53. The van der Waals surface area contributed by atoms with E-state index in [4.69, 9.17) is 9.15 Å². The van der Waals surface area contributed by atoms with Crippen molar-refractivity contribution in [3.05, 3.63) is 41.6 Å². The fourth-order valence-corrected chi connectivity index (χ4v) is 5.20. The van der Waals surface area contributed by atoms with Crippen LogP contribution >= 0.6 is 0 Å². The number of nitrogens with zero attached hydrogens (tertiary/aromatic N) is 2. The molecule has 1 aromatic carbocycles. The Morgan fingerprint density at radius 2 is 1.89 bits per heavy atom. The Labute approximate surface area is 160 Å². The second-order valence-electron chi connectivity index (χ2n) is 7.55. The number of alkyl halides is 3. The summed E-state index contributed by atoms with van der Waals surface area (Å²) in [5.41, 5.74) is -0.994. The number of sulfone groups is 1. The minimum atomic E-state index is -4.62. The summed E-state index contributed by atoms with van der Waals surface area (Å²) in [5.74, 6) is 0.990. The van der Waals surface area contributed by atoms with Gasteiger partial charge in [-0.25, -0.2) is 8.42 Å². The van der Waals surface area contributed by atoms with Gasteiger partial charge in [0, 0.05) is 18.9 Å². The average Bonchev–Trinajstić information content (AvgIpc) is 3.38. The Morgan fingerprint density at radius 1 is 1.18 bits per heavy atom. The van der Waals surface area contributed by atoms with Crippen LogP contribution < -0.4 is 0 Å². The zero-order valence-electron chi connectivity index (χ0n) is 15.1. The second kappa shape index (κ2) is 6.55. The summed E-state index contributed by atoms with van der Waals surface area (Å²) in [6.45, 7) is 1.65. The predicted molar refractivity (Wildman–Crippen MR) is 91.2 cm³/mol. The van der Waals surface area contributed by atoms with Crippen LogP contribution in [0.1, 0.15) is 62.0 Å². The first-order valence-electron chi connectivity index (χ1n) is 8.97. The van der Waals surface area contributed by atoms with Crippen LogP contribution in [0.15, 0.2) is 33.6 Å². The van der Waals surface area contributed by atoms with Gasteiger partial charge in [0.05, 0.1) is 15.2 Å². The first kappa shape index (κ1) is 19.4. The SMILES string of the molecule is CC1(S(=O)(=O)c2cccc(C(F)(F)F)c2)CCOC(c2nnc(C3CC3)o2)C1.